The van der Waals surface area contributed by atoms with E-state index in [1.54, 1.807) is 17.0 Å². The van der Waals surface area contributed by atoms with Crippen molar-refractivity contribution in [3.05, 3.63) is 53.3 Å². The van der Waals surface area contributed by atoms with Gasteiger partial charge in [0.05, 0.1) is 5.52 Å². The molecule has 206 valence electrons. The molecular formula is C27H30F3N7O2. The molecule has 3 aliphatic rings. The van der Waals surface area contributed by atoms with Gasteiger partial charge in [0.25, 0.3) is 5.91 Å². The summed E-state index contributed by atoms with van der Waals surface area (Å²) in [6.07, 6.45) is 0.351. The first-order valence-corrected chi connectivity index (χ1v) is 13.4. The molecule has 3 atom stereocenters. The number of hydrogen-bond acceptors (Lipinski definition) is 6. The van der Waals surface area contributed by atoms with E-state index in [1.807, 2.05) is 29.2 Å². The fourth-order valence-corrected chi connectivity index (χ4v) is 6.13. The number of hydrogen-bond donors (Lipinski definition) is 3. The first kappa shape index (κ1) is 25.6. The van der Waals surface area contributed by atoms with E-state index >= 15 is 0 Å². The van der Waals surface area contributed by atoms with E-state index in [2.05, 4.69) is 25.8 Å². The number of piperazine rings is 1. The number of H-pyrrole nitrogens is 1. The summed E-state index contributed by atoms with van der Waals surface area (Å²) in [7, 11) is 0. The number of fused-ring (bicyclic) bond motifs is 2. The fraction of sp³-hybridized carbons (Fsp3) is 0.481. The molecule has 3 N–H and O–H groups in total. The first-order chi connectivity index (χ1) is 18.8. The molecule has 0 spiro atoms. The number of aromatic amines is 1. The largest absolute Gasteiger partial charge is 0.449 e. The van der Waals surface area contributed by atoms with Crippen molar-refractivity contribution in [1.82, 2.24) is 30.7 Å². The third-order valence-corrected chi connectivity index (χ3v) is 8.17. The van der Waals surface area contributed by atoms with Crippen molar-refractivity contribution in [2.45, 2.75) is 44.3 Å². The molecule has 3 fully saturated rings. The van der Waals surface area contributed by atoms with Crippen molar-refractivity contribution in [3.63, 3.8) is 0 Å². The monoisotopic (exact) mass is 541 g/mol. The minimum Gasteiger partial charge on any atom is -0.353 e. The van der Waals surface area contributed by atoms with E-state index in [0.717, 1.165) is 37.7 Å². The number of carbonyl (C=O) groups excluding carboxylic acids is 2. The maximum Gasteiger partial charge on any atom is 0.449 e. The Kier molecular flexibility index (Phi) is 6.66. The quantitative estimate of drug-likeness (QED) is 0.468. The van der Waals surface area contributed by atoms with Crippen molar-refractivity contribution in [2.75, 3.05) is 31.1 Å². The van der Waals surface area contributed by atoms with Gasteiger partial charge in [0, 0.05) is 43.7 Å². The number of anilines is 1. The second-order valence-electron chi connectivity index (χ2n) is 10.6. The van der Waals surface area contributed by atoms with Gasteiger partial charge >= 0.3 is 6.18 Å². The van der Waals surface area contributed by atoms with Crippen molar-refractivity contribution < 1.29 is 22.8 Å². The van der Waals surface area contributed by atoms with Gasteiger partial charge in [0.2, 0.25) is 11.7 Å². The van der Waals surface area contributed by atoms with Gasteiger partial charge in [-0.3, -0.25) is 15.0 Å². The van der Waals surface area contributed by atoms with Gasteiger partial charge in [-0.2, -0.15) is 13.2 Å². The number of alkyl halides is 3. The molecule has 6 rings (SSSR count). The molecule has 9 nitrogen and oxygen atoms in total. The molecule has 2 amide bonds. The summed E-state index contributed by atoms with van der Waals surface area (Å²) in [5.41, 5.74) is 7.96. The van der Waals surface area contributed by atoms with E-state index < -0.39 is 12.0 Å². The highest BCUT2D eigenvalue weighted by molar-refractivity contribution is 5.94. The zero-order chi connectivity index (χ0) is 27.1. The van der Waals surface area contributed by atoms with Crippen LogP contribution in [0, 0.1) is 11.8 Å². The predicted molar refractivity (Wildman–Crippen MR) is 138 cm³/mol. The van der Waals surface area contributed by atoms with Crippen LogP contribution in [0.25, 0.3) is 11.2 Å². The van der Waals surface area contributed by atoms with Crippen molar-refractivity contribution in [2.24, 2.45) is 11.8 Å². The molecule has 12 heteroatoms. The van der Waals surface area contributed by atoms with Crippen molar-refractivity contribution >= 4 is 28.8 Å². The third-order valence-electron chi connectivity index (χ3n) is 8.17. The lowest BCUT2D eigenvalue weighted by atomic mass is 9.72. The number of rotatable bonds is 4. The molecule has 2 aromatic heterocycles. The summed E-state index contributed by atoms with van der Waals surface area (Å²) in [6, 6.07) is 11.0. The van der Waals surface area contributed by atoms with Gasteiger partial charge in [0.1, 0.15) is 5.82 Å². The molecule has 3 aromatic rings. The number of carbonyl (C=O) groups is 2. The molecule has 1 saturated carbocycles. The Bertz CT molecular complexity index is 1380. The number of benzene rings is 1. The van der Waals surface area contributed by atoms with Gasteiger partial charge in [0.15, 0.2) is 5.65 Å². The van der Waals surface area contributed by atoms with Gasteiger partial charge < -0.3 is 14.8 Å². The number of hydrazine groups is 1. The van der Waals surface area contributed by atoms with Crippen LogP contribution < -0.4 is 15.8 Å². The molecule has 2 aliphatic heterocycles. The third kappa shape index (κ3) is 5.17. The van der Waals surface area contributed by atoms with Gasteiger partial charge in [-0.25, -0.2) is 15.4 Å². The summed E-state index contributed by atoms with van der Waals surface area (Å²) in [5, 5.41) is 0. The SMILES string of the molecule is O=C1NNC(Cc2cccc(C(=O)N3CCN(c4ccc5[nH]c(C(F)(F)F)nc5n4)CC3)c2)C2CCCCC12. The molecule has 1 aromatic carbocycles. The van der Waals surface area contributed by atoms with Crippen molar-refractivity contribution in [3.8, 4) is 0 Å². The van der Waals surface area contributed by atoms with E-state index in [4.69, 9.17) is 0 Å². The van der Waals surface area contributed by atoms with Gasteiger partial charge in [-0.05, 0) is 55.0 Å². The second kappa shape index (κ2) is 10.1. The summed E-state index contributed by atoms with van der Waals surface area (Å²) in [5.74, 6) is -0.144. The Morgan fingerprint density at radius 1 is 1.03 bits per heavy atom. The number of imidazole rings is 1. The smallest absolute Gasteiger partial charge is 0.353 e. The number of halogens is 3. The highest BCUT2D eigenvalue weighted by Gasteiger charge is 2.40. The lowest BCUT2D eigenvalue weighted by molar-refractivity contribution is -0.144. The molecule has 1 aliphatic carbocycles. The maximum absolute atomic E-state index is 13.3. The summed E-state index contributed by atoms with van der Waals surface area (Å²) < 4.78 is 38.9. The van der Waals surface area contributed by atoms with Crippen LogP contribution in [-0.2, 0) is 17.4 Å². The first-order valence-electron chi connectivity index (χ1n) is 13.4. The zero-order valence-electron chi connectivity index (χ0n) is 21.3. The van der Waals surface area contributed by atoms with Crippen molar-refractivity contribution in [1.29, 1.82) is 0 Å². The molecule has 39 heavy (non-hydrogen) atoms. The van der Waals surface area contributed by atoms with E-state index in [1.165, 1.54) is 0 Å². The zero-order valence-corrected chi connectivity index (χ0v) is 21.3. The lowest BCUT2D eigenvalue weighted by Gasteiger charge is -2.41. The molecular weight excluding hydrogens is 511 g/mol. The van der Waals surface area contributed by atoms with Crippen LogP contribution in [0.4, 0.5) is 19.0 Å². The number of nitrogens with one attached hydrogen (secondary N) is 3. The average Bonchev–Trinajstić information content (AvgIpc) is 3.39. The van der Waals surface area contributed by atoms with E-state index in [-0.39, 0.29) is 34.9 Å². The van der Waals surface area contributed by atoms with E-state index in [9.17, 15) is 22.8 Å². The number of pyridine rings is 1. The Hall–Kier alpha value is -3.67. The average molecular weight is 542 g/mol. The Morgan fingerprint density at radius 2 is 1.82 bits per heavy atom. The molecule has 4 heterocycles. The van der Waals surface area contributed by atoms with E-state index in [0.29, 0.717) is 43.5 Å². The van der Waals surface area contributed by atoms with Crippen LogP contribution in [0.2, 0.25) is 0 Å². The van der Waals surface area contributed by atoms with Crippen LogP contribution in [0.15, 0.2) is 36.4 Å². The lowest BCUT2D eigenvalue weighted by Crippen LogP contribution is -2.60. The summed E-state index contributed by atoms with van der Waals surface area (Å²) >= 11 is 0. The maximum atomic E-state index is 13.3. The molecule has 3 unspecified atom stereocenters. The minimum atomic E-state index is -4.56. The van der Waals surface area contributed by atoms with Gasteiger partial charge in [-0.1, -0.05) is 25.0 Å². The molecule has 2 saturated heterocycles. The predicted octanol–water partition coefficient (Wildman–Crippen LogP) is 3.29. The number of aromatic nitrogens is 3. The summed E-state index contributed by atoms with van der Waals surface area (Å²) in [6.45, 7) is 1.96. The fourth-order valence-electron chi connectivity index (χ4n) is 6.13. The minimum absolute atomic E-state index is 0.0155. The molecule has 0 bridgehead atoms. The number of amides is 2. The van der Waals surface area contributed by atoms with Crippen LogP contribution in [0.5, 0.6) is 0 Å². The topological polar surface area (TPSA) is 106 Å². The van der Waals surface area contributed by atoms with Crippen LogP contribution >= 0.6 is 0 Å². The normalized spacial score (nSPS) is 24.0. The highest BCUT2D eigenvalue weighted by Crippen LogP contribution is 2.35. The van der Waals surface area contributed by atoms with Crippen LogP contribution in [-0.4, -0.2) is 63.9 Å². The Morgan fingerprint density at radius 3 is 2.62 bits per heavy atom. The number of nitrogens with zero attached hydrogens (tertiary/aromatic N) is 4. The Labute approximate surface area is 223 Å². The van der Waals surface area contributed by atoms with Crippen LogP contribution in [0.3, 0.4) is 0 Å². The van der Waals surface area contributed by atoms with Crippen LogP contribution in [0.1, 0.15) is 47.4 Å². The Balaban J connectivity index is 1.09. The highest BCUT2D eigenvalue weighted by atomic mass is 19.4. The van der Waals surface area contributed by atoms with Gasteiger partial charge in [-0.15, -0.1) is 0 Å². The molecule has 0 radical (unpaired) electrons. The standard InChI is InChI=1S/C27H30F3N7O2/c28-27(29,30)26-31-20-8-9-22(32-23(20)33-26)36-10-12-37(13-11-36)25(39)17-5-3-4-16(14-17)15-21-18-6-1-2-7-19(18)24(38)35-34-21/h3-5,8-9,14,18-19,21,34H,1-2,6-7,10-13,15H2,(H,35,38)(H,31,32,33). The second-order valence-corrected chi connectivity index (χ2v) is 10.6. The summed E-state index contributed by atoms with van der Waals surface area (Å²) in [4.78, 5) is 39.5.